The predicted molar refractivity (Wildman–Crippen MR) is 90.1 cm³/mol. The summed E-state index contributed by atoms with van der Waals surface area (Å²) in [6.07, 6.45) is 0.994. The van der Waals surface area contributed by atoms with Gasteiger partial charge in [0, 0.05) is 18.9 Å². The van der Waals surface area contributed by atoms with Gasteiger partial charge in [-0.3, -0.25) is 15.6 Å². The average molecular weight is 322 g/mol. The van der Waals surface area contributed by atoms with Crippen LogP contribution in [-0.2, 0) is 11.2 Å². The van der Waals surface area contributed by atoms with Crippen molar-refractivity contribution >= 4 is 44.8 Å². The summed E-state index contributed by atoms with van der Waals surface area (Å²) in [6, 6.07) is 8.19. The van der Waals surface area contributed by atoms with Gasteiger partial charge in [-0.05, 0) is 38.2 Å². The van der Waals surface area contributed by atoms with Gasteiger partial charge in [0.05, 0.1) is 15.2 Å². The van der Waals surface area contributed by atoms with Gasteiger partial charge in [-0.25, -0.2) is 4.98 Å². The van der Waals surface area contributed by atoms with Gasteiger partial charge < -0.3 is 5.32 Å². The molecule has 1 amide bonds. The van der Waals surface area contributed by atoms with Crippen LogP contribution in [0.3, 0.4) is 0 Å². The molecule has 5 nitrogen and oxygen atoms in total. The number of aromatic nitrogens is 1. The number of hydrogen-bond acceptors (Lipinski definition) is 4. The standard InChI is InChI=1S/C14H18N4OS2/c1-9(2)15-14(20)18-17-12(19)7-8-13-16-10-5-3-4-6-11(10)21-13/h3-6,9H,7-8H2,1-2H3,(H,17,19)(H2,15,18,20). The van der Waals surface area contributed by atoms with Crippen LogP contribution in [0.15, 0.2) is 24.3 Å². The van der Waals surface area contributed by atoms with Crippen molar-refractivity contribution in [1.82, 2.24) is 21.2 Å². The summed E-state index contributed by atoms with van der Waals surface area (Å²) in [4.78, 5) is 16.2. The van der Waals surface area contributed by atoms with Crippen LogP contribution in [0.1, 0.15) is 25.3 Å². The monoisotopic (exact) mass is 322 g/mol. The van der Waals surface area contributed by atoms with Crippen molar-refractivity contribution in [3.8, 4) is 0 Å². The van der Waals surface area contributed by atoms with Crippen LogP contribution in [-0.4, -0.2) is 22.0 Å². The molecule has 0 aliphatic heterocycles. The van der Waals surface area contributed by atoms with Crippen molar-refractivity contribution in [1.29, 1.82) is 0 Å². The molecule has 0 aliphatic carbocycles. The van der Waals surface area contributed by atoms with Gasteiger partial charge in [-0.2, -0.15) is 0 Å². The predicted octanol–water partition coefficient (Wildman–Crippen LogP) is 2.13. The van der Waals surface area contributed by atoms with Crippen molar-refractivity contribution in [2.24, 2.45) is 0 Å². The molecule has 1 heterocycles. The summed E-state index contributed by atoms with van der Waals surface area (Å²) in [5.41, 5.74) is 6.24. The lowest BCUT2D eigenvalue weighted by Gasteiger charge is -2.13. The zero-order valence-corrected chi connectivity index (χ0v) is 13.6. The third kappa shape index (κ3) is 4.95. The van der Waals surface area contributed by atoms with Crippen molar-refractivity contribution in [3.63, 3.8) is 0 Å². The number of hydrazine groups is 1. The highest BCUT2D eigenvalue weighted by Gasteiger charge is 2.07. The summed E-state index contributed by atoms with van der Waals surface area (Å²) < 4.78 is 1.15. The molecule has 2 aromatic rings. The Balaban J connectivity index is 1.77. The van der Waals surface area contributed by atoms with E-state index in [2.05, 4.69) is 21.2 Å². The van der Waals surface area contributed by atoms with E-state index in [0.717, 1.165) is 15.2 Å². The highest BCUT2D eigenvalue weighted by Crippen LogP contribution is 2.22. The van der Waals surface area contributed by atoms with Crippen LogP contribution in [0.25, 0.3) is 10.2 Å². The molecule has 0 spiro atoms. The molecule has 1 aromatic carbocycles. The van der Waals surface area contributed by atoms with Crippen LogP contribution >= 0.6 is 23.6 Å². The van der Waals surface area contributed by atoms with Gasteiger partial charge in [-0.15, -0.1) is 11.3 Å². The van der Waals surface area contributed by atoms with Crippen LogP contribution in [0.4, 0.5) is 0 Å². The zero-order chi connectivity index (χ0) is 15.2. The third-order valence-electron chi connectivity index (χ3n) is 2.64. The number of rotatable bonds is 4. The maximum Gasteiger partial charge on any atom is 0.238 e. The molecule has 3 N–H and O–H groups in total. The first kappa shape index (κ1) is 15.7. The molecule has 1 aromatic heterocycles. The minimum Gasteiger partial charge on any atom is -0.359 e. The van der Waals surface area contributed by atoms with E-state index in [1.54, 1.807) is 11.3 Å². The Morgan fingerprint density at radius 2 is 2.10 bits per heavy atom. The number of thiocarbonyl (C=S) groups is 1. The zero-order valence-electron chi connectivity index (χ0n) is 12.0. The number of benzene rings is 1. The summed E-state index contributed by atoms with van der Waals surface area (Å²) in [6.45, 7) is 3.95. The molecule has 0 saturated carbocycles. The third-order valence-corrected chi connectivity index (χ3v) is 3.96. The SMILES string of the molecule is CC(C)NC(=S)NNC(=O)CCc1nc2ccccc2s1. The van der Waals surface area contributed by atoms with Gasteiger partial charge >= 0.3 is 0 Å². The molecule has 0 unspecified atom stereocenters. The van der Waals surface area contributed by atoms with E-state index >= 15 is 0 Å². The van der Waals surface area contributed by atoms with Gasteiger partial charge in [0.2, 0.25) is 5.91 Å². The Hall–Kier alpha value is -1.73. The van der Waals surface area contributed by atoms with Crippen LogP contribution in [0, 0.1) is 0 Å². The Kier molecular flexibility index (Phi) is 5.46. The second-order valence-electron chi connectivity index (χ2n) is 4.88. The number of carbonyl (C=O) groups is 1. The van der Waals surface area contributed by atoms with Gasteiger partial charge in [0.1, 0.15) is 0 Å². The van der Waals surface area contributed by atoms with Crippen molar-refractivity contribution in [2.75, 3.05) is 0 Å². The lowest BCUT2D eigenvalue weighted by atomic mass is 10.3. The van der Waals surface area contributed by atoms with Crippen LogP contribution in [0.5, 0.6) is 0 Å². The highest BCUT2D eigenvalue weighted by atomic mass is 32.1. The Bertz CT molecular complexity index is 606. The molecule has 0 radical (unpaired) electrons. The second-order valence-corrected chi connectivity index (χ2v) is 6.40. The molecule has 0 saturated heterocycles. The number of thiazole rings is 1. The van der Waals surface area contributed by atoms with E-state index in [0.29, 0.717) is 18.0 Å². The topological polar surface area (TPSA) is 66.0 Å². The Morgan fingerprint density at radius 3 is 2.81 bits per heavy atom. The Labute approximate surface area is 133 Å². The smallest absolute Gasteiger partial charge is 0.238 e. The molecule has 0 atom stereocenters. The lowest BCUT2D eigenvalue weighted by Crippen LogP contribution is -2.48. The van der Waals surface area contributed by atoms with E-state index in [-0.39, 0.29) is 11.9 Å². The number of fused-ring (bicyclic) bond motifs is 1. The van der Waals surface area contributed by atoms with E-state index in [1.165, 1.54) is 0 Å². The molecular weight excluding hydrogens is 304 g/mol. The fraction of sp³-hybridized carbons (Fsp3) is 0.357. The number of amides is 1. The minimum atomic E-state index is -0.109. The van der Waals surface area contributed by atoms with Crippen LogP contribution in [0.2, 0.25) is 0 Å². The maximum atomic E-state index is 11.7. The van der Waals surface area contributed by atoms with Crippen molar-refractivity contribution in [2.45, 2.75) is 32.7 Å². The summed E-state index contributed by atoms with van der Waals surface area (Å²) in [5.74, 6) is -0.109. The lowest BCUT2D eigenvalue weighted by molar-refractivity contribution is -0.121. The van der Waals surface area contributed by atoms with Crippen LogP contribution < -0.4 is 16.2 Å². The molecule has 0 fully saturated rings. The number of nitrogens with one attached hydrogen (secondary N) is 3. The fourth-order valence-corrected chi connectivity index (χ4v) is 2.99. The molecule has 7 heteroatoms. The van der Waals surface area contributed by atoms with Gasteiger partial charge in [0.15, 0.2) is 5.11 Å². The van der Waals surface area contributed by atoms with E-state index < -0.39 is 0 Å². The number of carbonyl (C=O) groups excluding carboxylic acids is 1. The summed E-state index contributed by atoms with van der Waals surface area (Å²) in [5, 5.41) is 4.37. The maximum absolute atomic E-state index is 11.7. The number of para-hydroxylation sites is 1. The van der Waals surface area contributed by atoms with E-state index in [9.17, 15) is 4.79 Å². The van der Waals surface area contributed by atoms with E-state index in [4.69, 9.17) is 12.2 Å². The minimum absolute atomic E-state index is 0.109. The van der Waals surface area contributed by atoms with Crippen molar-refractivity contribution in [3.05, 3.63) is 29.3 Å². The first-order chi connectivity index (χ1) is 10.0. The number of nitrogens with zero attached hydrogens (tertiary/aromatic N) is 1. The first-order valence-corrected chi connectivity index (χ1v) is 7.97. The van der Waals surface area contributed by atoms with E-state index in [1.807, 2.05) is 38.1 Å². The van der Waals surface area contributed by atoms with Gasteiger partial charge in [-0.1, -0.05) is 12.1 Å². The van der Waals surface area contributed by atoms with Gasteiger partial charge in [0.25, 0.3) is 0 Å². The number of hydrogen-bond donors (Lipinski definition) is 3. The summed E-state index contributed by atoms with van der Waals surface area (Å²) >= 11 is 6.65. The second kappa shape index (κ2) is 7.33. The molecule has 21 heavy (non-hydrogen) atoms. The fourth-order valence-electron chi connectivity index (χ4n) is 1.73. The normalized spacial score (nSPS) is 10.6. The Morgan fingerprint density at radius 1 is 1.33 bits per heavy atom. The highest BCUT2D eigenvalue weighted by molar-refractivity contribution is 7.80. The number of aryl methyl sites for hydroxylation is 1. The molecular formula is C14H18N4OS2. The largest absolute Gasteiger partial charge is 0.359 e. The molecule has 2 rings (SSSR count). The molecule has 0 aliphatic rings. The first-order valence-electron chi connectivity index (χ1n) is 6.74. The van der Waals surface area contributed by atoms with Crippen molar-refractivity contribution < 1.29 is 4.79 Å². The molecule has 112 valence electrons. The molecule has 0 bridgehead atoms. The average Bonchev–Trinajstić information content (AvgIpc) is 2.85. The summed E-state index contributed by atoms with van der Waals surface area (Å²) in [7, 11) is 0. The quantitative estimate of drug-likeness (QED) is 0.594.